The molecule has 0 radical (unpaired) electrons. The van der Waals surface area contributed by atoms with Crippen LogP contribution in [-0.4, -0.2) is 27.2 Å². The van der Waals surface area contributed by atoms with Gasteiger partial charge in [-0.2, -0.15) is 5.10 Å². The number of benzene rings is 2. The molecule has 0 spiro atoms. The Labute approximate surface area is 184 Å². The number of aromatic nitrogens is 3. The van der Waals surface area contributed by atoms with Crippen LogP contribution >= 0.6 is 0 Å². The van der Waals surface area contributed by atoms with E-state index in [1.165, 1.54) is 18.2 Å². The molecule has 5 nitrogen and oxygen atoms in total. The van der Waals surface area contributed by atoms with E-state index in [9.17, 15) is 13.6 Å². The molecule has 0 saturated heterocycles. The lowest BCUT2D eigenvalue weighted by atomic mass is 10.0. The lowest BCUT2D eigenvalue weighted by molar-refractivity contribution is -0.121. The highest BCUT2D eigenvalue weighted by atomic mass is 19.1. The Kier molecular flexibility index (Phi) is 6.65. The molecular weight excluding hydrogens is 410 g/mol. The molecule has 1 N–H and O–H groups in total. The van der Waals surface area contributed by atoms with Crippen molar-refractivity contribution in [3.63, 3.8) is 0 Å². The van der Waals surface area contributed by atoms with Gasteiger partial charge in [-0.1, -0.05) is 18.2 Å². The number of carbonyl (C=O) groups is 1. The van der Waals surface area contributed by atoms with Gasteiger partial charge >= 0.3 is 0 Å². The molecule has 2 aromatic heterocycles. The maximum atomic E-state index is 13.7. The summed E-state index contributed by atoms with van der Waals surface area (Å²) in [7, 11) is 0. The number of aryl methyl sites for hydroxylation is 1. The summed E-state index contributed by atoms with van der Waals surface area (Å²) < 4.78 is 29.0. The Morgan fingerprint density at radius 1 is 0.938 bits per heavy atom. The number of nitrogens with zero attached hydrogens (tertiary/aromatic N) is 3. The average molecular weight is 432 g/mol. The minimum absolute atomic E-state index is 0.155. The number of rotatable bonds is 8. The van der Waals surface area contributed by atoms with Gasteiger partial charge < -0.3 is 5.32 Å². The van der Waals surface area contributed by atoms with Crippen molar-refractivity contribution in [3.05, 3.63) is 96.5 Å². The fraction of sp³-hybridized carbons (Fsp3) is 0.160. The molecule has 0 bridgehead atoms. The molecule has 0 aliphatic carbocycles. The van der Waals surface area contributed by atoms with Gasteiger partial charge in [0.25, 0.3) is 0 Å². The van der Waals surface area contributed by atoms with Gasteiger partial charge in [0, 0.05) is 36.5 Å². The van der Waals surface area contributed by atoms with E-state index in [-0.39, 0.29) is 24.0 Å². The second kappa shape index (κ2) is 9.96. The molecule has 0 atom stereocenters. The number of carbonyl (C=O) groups excluding carboxylic acids is 1. The van der Waals surface area contributed by atoms with Crippen LogP contribution in [0, 0.1) is 11.6 Å². The van der Waals surface area contributed by atoms with Crippen molar-refractivity contribution in [3.8, 4) is 22.4 Å². The molecule has 7 heteroatoms. The topological polar surface area (TPSA) is 59.8 Å². The first kappa shape index (κ1) is 21.4. The van der Waals surface area contributed by atoms with Gasteiger partial charge in [0.05, 0.1) is 18.4 Å². The molecule has 32 heavy (non-hydrogen) atoms. The number of hydrogen-bond donors (Lipinski definition) is 1. The summed E-state index contributed by atoms with van der Waals surface area (Å²) in [5.74, 6) is -0.769. The van der Waals surface area contributed by atoms with Crippen LogP contribution in [0.1, 0.15) is 12.0 Å². The van der Waals surface area contributed by atoms with E-state index in [1.807, 2.05) is 12.1 Å². The second-order valence-electron chi connectivity index (χ2n) is 7.31. The maximum absolute atomic E-state index is 13.7. The van der Waals surface area contributed by atoms with E-state index in [4.69, 9.17) is 0 Å². The van der Waals surface area contributed by atoms with E-state index in [2.05, 4.69) is 15.4 Å². The molecule has 0 unspecified atom stereocenters. The largest absolute Gasteiger partial charge is 0.354 e. The predicted octanol–water partition coefficient (Wildman–Crippen LogP) is 4.64. The highest BCUT2D eigenvalue weighted by molar-refractivity contribution is 5.80. The standard InChI is InChI=1S/C25H22F2N4O/c26-21-8-5-20(6-9-21)25-22(18-11-13-28-14-12-18)17-30-31(25)16-15-29-24(32)10-7-19-3-1-2-4-23(19)27/h1-6,8-9,11-14,17H,7,10,15-16H2,(H,29,32). The molecule has 2 aromatic carbocycles. The molecule has 0 fully saturated rings. The first-order valence-electron chi connectivity index (χ1n) is 10.3. The molecule has 0 aliphatic rings. The summed E-state index contributed by atoms with van der Waals surface area (Å²) in [5, 5.41) is 7.36. The summed E-state index contributed by atoms with van der Waals surface area (Å²) in [5.41, 5.74) is 4.01. The molecule has 2 heterocycles. The van der Waals surface area contributed by atoms with E-state index in [0.29, 0.717) is 25.1 Å². The van der Waals surface area contributed by atoms with Gasteiger partial charge in [0.2, 0.25) is 5.91 Å². The van der Waals surface area contributed by atoms with E-state index < -0.39 is 0 Å². The molecule has 0 aliphatic heterocycles. The SMILES string of the molecule is O=C(CCc1ccccc1F)NCCn1ncc(-c2ccncc2)c1-c1ccc(F)cc1. The first-order chi connectivity index (χ1) is 15.6. The molecular formula is C25H22F2N4O. The first-order valence-corrected chi connectivity index (χ1v) is 10.3. The molecule has 4 aromatic rings. The third-order valence-corrected chi connectivity index (χ3v) is 5.17. The van der Waals surface area contributed by atoms with Gasteiger partial charge in [-0.05, 0) is 60.0 Å². The second-order valence-corrected chi connectivity index (χ2v) is 7.31. The normalized spacial score (nSPS) is 10.8. The van der Waals surface area contributed by atoms with Crippen molar-refractivity contribution in [2.45, 2.75) is 19.4 Å². The zero-order valence-corrected chi connectivity index (χ0v) is 17.3. The number of hydrogen-bond acceptors (Lipinski definition) is 3. The number of halogens is 2. The minimum atomic E-state index is -0.313. The van der Waals surface area contributed by atoms with Crippen LogP contribution in [0.3, 0.4) is 0 Å². The monoisotopic (exact) mass is 432 g/mol. The van der Waals surface area contributed by atoms with Crippen LogP contribution in [0.15, 0.2) is 79.3 Å². The van der Waals surface area contributed by atoms with Crippen LogP contribution in [0.4, 0.5) is 8.78 Å². The average Bonchev–Trinajstić information content (AvgIpc) is 3.23. The van der Waals surface area contributed by atoms with Crippen LogP contribution in [0.2, 0.25) is 0 Å². The summed E-state index contributed by atoms with van der Waals surface area (Å²) in [4.78, 5) is 16.3. The molecule has 0 saturated carbocycles. The number of amides is 1. The number of pyridine rings is 1. The molecule has 162 valence electrons. The summed E-state index contributed by atoms with van der Waals surface area (Å²) in [6, 6.07) is 16.5. The van der Waals surface area contributed by atoms with Gasteiger partial charge in [0.1, 0.15) is 11.6 Å². The summed E-state index contributed by atoms with van der Waals surface area (Å²) in [6.45, 7) is 0.797. The van der Waals surface area contributed by atoms with Crippen LogP contribution < -0.4 is 5.32 Å². The zero-order chi connectivity index (χ0) is 22.3. The fourth-order valence-electron chi connectivity index (χ4n) is 3.55. The zero-order valence-electron chi connectivity index (χ0n) is 17.3. The van der Waals surface area contributed by atoms with E-state index in [1.54, 1.807) is 53.6 Å². The van der Waals surface area contributed by atoms with Gasteiger partial charge in [-0.15, -0.1) is 0 Å². The van der Waals surface area contributed by atoms with Gasteiger partial charge in [-0.25, -0.2) is 8.78 Å². The van der Waals surface area contributed by atoms with Gasteiger partial charge in [0.15, 0.2) is 0 Å². The fourth-order valence-corrected chi connectivity index (χ4v) is 3.55. The smallest absolute Gasteiger partial charge is 0.220 e. The Morgan fingerprint density at radius 2 is 1.69 bits per heavy atom. The van der Waals surface area contributed by atoms with E-state index in [0.717, 1.165) is 22.4 Å². The quantitative estimate of drug-likeness (QED) is 0.441. The van der Waals surface area contributed by atoms with Crippen molar-refractivity contribution in [1.82, 2.24) is 20.1 Å². The maximum Gasteiger partial charge on any atom is 0.220 e. The molecule has 1 amide bonds. The third kappa shape index (κ3) is 5.06. The molecule has 4 rings (SSSR count). The Bertz CT molecular complexity index is 1190. The van der Waals surface area contributed by atoms with Crippen molar-refractivity contribution in [2.24, 2.45) is 0 Å². The summed E-state index contributed by atoms with van der Waals surface area (Å²) >= 11 is 0. The third-order valence-electron chi connectivity index (χ3n) is 5.17. The predicted molar refractivity (Wildman–Crippen MR) is 119 cm³/mol. The Morgan fingerprint density at radius 3 is 2.44 bits per heavy atom. The van der Waals surface area contributed by atoms with Crippen molar-refractivity contribution in [1.29, 1.82) is 0 Å². The highest BCUT2D eigenvalue weighted by Crippen LogP contribution is 2.31. The van der Waals surface area contributed by atoms with Gasteiger partial charge in [-0.3, -0.25) is 14.5 Å². The van der Waals surface area contributed by atoms with Crippen LogP contribution in [0.25, 0.3) is 22.4 Å². The minimum Gasteiger partial charge on any atom is -0.354 e. The van der Waals surface area contributed by atoms with Crippen LogP contribution in [0.5, 0.6) is 0 Å². The highest BCUT2D eigenvalue weighted by Gasteiger charge is 2.15. The Hall–Kier alpha value is -3.87. The summed E-state index contributed by atoms with van der Waals surface area (Å²) in [6.07, 6.45) is 5.71. The van der Waals surface area contributed by atoms with Crippen molar-refractivity contribution >= 4 is 5.91 Å². The van der Waals surface area contributed by atoms with Crippen LogP contribution in [-0.2, 0) is 17.8 Å². The van der Waals surface area contributed by atoms with E-state index >= 15 is 0 Å². The lowest BCUT2D eigenvalue weighted by Gasteiger charge is -2.11. The Balaban J connectivity index is 1.45. The van der Waals surface area contributed by atoms with Crippen molar-refractivity contribution in [2.75, 3.05) is 6.54 Å². The van der Waals surface area contributed by atoms with Crippen molar-refractivity contribution < 1.29 is 13.6 Å². The lowest BCUT2D eigenvalue weighted by Crippen LogP contribution is -2.28. The number of nitrogens with one attached hydrogen (secondary N) is 1.